The number of nitrogens with zero attached hydrogens (tertiary/aromatic N) is 1. The number of esters is 1. The van der Waals surface area contributed by atoms with Gasteiger partial charge in [-0.1, -0.05) is 0 Å². The molecule has 0 aromatic heterocycles. The van der Waals surface area contributed by atoms with E-state index in [0.29, 0.717) is 18.6 Å². The molecule has 0 N–H and O–H groups in total. The molecule has 0 bridgehead atoms. The first-order valence-corrected chi connectivity index (χ1v) is 5.91. The molecule has 1 saturated heterocycles. The summed E-state index contributed by atoms with van der Waals surface area (Å²) in [5.41, 5.74) is 0. The van der Waals surface area contributed by atoms with Crippen LogP contribution in [0.3, 0.4) is 0 Å². The van der Waals surface area contributed by atoms with E-state index in [9.17, 15) is 4.79 Å². The van der Waals surface area contributed by atoms with Crippen molar-refractivity contribution in [3.63, 3.8) is 0 Å². The second-order valence-corrected chi connectivity index (χ2v) is 4.72. The Morgan fingerprint density at radius 1 is 1.44 bits per heavy atom. The standard InChI is InChI=1S/C12H23NO3/c1-9(2)13-6-5-10(7-13)11(8-15-3)12(14)16-4/h9-11H,5-8H2,1-4H3. The van der Waals surface area contributed by atoms with Crippen LogP contribution < -0.4 is 0 Å². The molecule has 1 heterocycles. The van der Waals surface area contributed by atoms with Crippen molar-refractivity contribution in [3.8, 4) is 0 Å². The molecule has 1 aliphatic rings. The monoisotopic (exact) mass is 229 g/mol. The lowest BCUT2D eigenvalue weighted by Gasteiger charge is -2.23. The van der Waals surface area contributed by atoms with Gasteiger partial charge in [0, 0.05) is 19.7 Å². The predicted molar refractivity (Wildman–Crippen MR) is 62.2 cm³/mol. The van der Waals surface area contributed by atoms with Crippen LogP contribution in [-0.4, -0.2) is 50.8 Å². The number of rotatable bonds is 5. The minimum absolute atomic E-state index is 0.112. The van der Waals surface area contributed by atoms with E-state index in [4.69, 9.17) is 9.47 Å². The summed E-state index contributed by atoms with van der Waals surface area (Å²) in [6, 6.07) is 0.547. The Balaban J connectivity index is 2.56. The van der Waals surface area contributed by atoms with Gasteiger partial charge in [-0.25, -0.2) is 0 Å². The van der Waals surface area contributed by atoms with E-state index in [1.807, 2.05) is 0 Å². The van der Waals surface area contributed by atoms with Crippen molar-refractivity contribution in [2.45, 2.75) is 26.3 Å². The van der Waals surface area contributed by atoms with Crippen LogP contribution in [0.4, 0.5) is 0 Å². The molecular weight excluding hydrogens is 206 g/mol. The van der Waals surface area contributed by atoms with Crippen LogP contribution in [0.25, 0.3) is 0 Å². The predicted octanol–water partition coefficient (Wildman–Crippen LogP) is 1.15. The third-order valence-electron chi connectivity index (χ3n) is 3.41. The van der Waals surface area contributed by atoms with E-state index < -0.39 is 0 Å². The van der Waals surface area contributed by atoms with Crippen molar-refractivity contribution in [1.82, 2.24) is 4.90 Å². The minimum Gasteiger partial charge on any atom is -0.469 e. The van der Waals surface area contributed by atoms with E-state index in [2.05, 4.69) is 18.7 Å². The van der Waals surface area contributed by atoms with Crippen molar-refractivity contribution in [2.75, 3.05) is 33.9 Å². The number of ether oxygens (including phenoxy) is 2. The highest BCUT2D eigenvalue weighted by Gasteiger charge is 2.35. The summed E-state index contributed by atoms with van der Waals surface area (Å²) in [5.74, 6) is 0.117. The highest BCUT2D eigenvalue weighted by atomic mass is 16.5. The van der Waals surface area contributed by atoms with Gasteiger partial charge in [-0.15, -0.1) is 0 Å². The van der Waals surface area contributed by atoms with Crippen LogP contribution in [0.2, 0.25) is 0 Å². The molecule has 1 aliphatic heterocycles. The molecular formula is C12H23NO3. The van der Waals surface area contributed by atoms with Crippen LogP contribution in [0.15, 0.2) is 0 Å². The SMILES string of the molecule is COCC(C(=O)OC)C1CCN(C(C)C)C1. The maximum atomic E-state index is 11.6. The van der Waals surface area contributed by atoms with Gasteiger partial charge in [0.05, 0.1) is 19.6 Å². The number of hydrogen-bond acceptors (Lipinski definition) is 4. The molecule has 0 aromatic carbocycles. The lowest BCUT2D eigenvalue weighted by atomic mass is 9.92. The summed E-state index contributed by atoms with van der Waals surface area (Å²) in [6.45, 7) is 6.88. The third-order valence-corrected chi connectivity index (χ3v) is 3.41. The maximum absolute atomic E-state index is 11.6. The summed E-state index contributed by atoms with van der Waals surface area (Å²) in [6.07, 6.45) is 1.06. The molecule has 94 valence electrons. The third kappa shape index (κ3) is 3.19. The number of likely N-dealkylation sites (tertiary alicyclic amines) is 1. The second-order valence-electron chi connectivity index (χ2n) is 4.72. The fraction of sp³-hybridized carbons (Fsp3) is 0.917. The zero-order chi connectivity index (χ0) is 12.1. The Morgan fingerprint density at radius 2 is 2.12 bits per heavy atom. The molecule has 0 amide bonds. The summed E-state index contributed by atoms with van der Waals surface area (Å²) in [5, 5.41) is 0. The molecule has 2 unspecified atom stereocenters. The first kappa shape index (κ1) is 13.5. The maximum Gasteiger partial charge on any atom is 0.311 e. The van der Waals surface area contributed by atoms with Gasteiger partial charge < -0.3 is 14.4 Å². The topological polar surface area (TPSA) is 38.8 Å². The molecule has 0 radical (unpaired) electrons. The molecule has 4 nitrogen and oxygen atoms in total. The van der Waals surface area contributed by atoms with E-state index >= 15 is 0 Å². The van der Waals surface area contributed by atoms with Crippen molar-refractivity contribution in [3.05, 3.63) is 0 Å². The average Bonchev–Trinajstić information content (AvgIpc) is 2.74. The Bertz CT molecular complexity index is 230. The molecule has 1 fully saturated rings. The summed E-state index contributed by atoms with van der Waals surface area (Å²) >= 11 is 0. The van der Waals surface area contributed by atoms with Crippen LogP contribution in [0, 0.1) is 11.8 Å². The summed E-state index contributed by atoms with van der Waals surface area (Å²) in [7, 11) is 3.07. The van der Waals surface area contributed by atoms with E-state index in [1.165, 1.54) is 7.11 Å². The van der Waals surface area contributed by atoms with E-state index in [-0.39, 0.29) is 11.9 Å². The van der Waals surface area contributed by atoms with Crippen LogP contribution in [-0.2, 0) is 14.3 Å². The summed E-state index contributed by atoms with van der Waals surface area (Å²) < 4.78 is 9.95. The molecule has 0 aromatic rings. The Labute approximate surface area is 97.9 Å². The normalized spacial score (nSPS) is 23.7. The lowest BCUT2D eigenvalue weighted by molar-refractivity contribution is -0.149. The molecule has 0 saturated carbocycles. The smallest absolute Gasteiger partial charge is 0.311 e. The Morgan fingerprint density at radius 3 is 2.56 bits per heavy atom. The van der Waals surface area contributed by atoms with Gasteiger partial charge >= 0.3 is 5.97 Å². The van der Waals surface area contributed by atoms with Crippen molar-refractivity contribution < 1.29 is 14.3 Å². The molecule has 0 aliphatic carbocycles. The molecule has 1 rings (SSSR count). The highest BCUT2D eigenvalue weighted by molar-refractivity contribution is 5.72. The zero-order valence-electron chi connectivity index (χ0n) is 10.7. The van der Waals surface area contributed by atoms with Gasteiger partial charge in [-0.3, -0.25) is 4.79 Å². The van der Waals surface area contributed by atoms with Crippen molar-refractivity contribution in [1.29, 1.82) is 0 Å². The van der Waals surface area contributed by atoms with Crippen LogP contribution >= 0.6 is 0 Å². The Hall–Kier alpha value is -0.610. The first-order valence-electron chi connectivity index (χ1n) is 5.91. The number of carbonyl (C=O) groups is 1. The fourth-order valence-electron chi connectivity index (χ4n) is 2.34. The first-order chi connectivity index (χ1) is 7.60. The number of carbonyl (C=O) groups excluding carboxylic acids is 1. The molecule has 16 heavy (non-hydrogen) atoms. The highest BCUT2D eigenvalue weighted by Crippen LogP contribution is 2.26. The van der Waals surface area contributed by atoms with Gasteiger partial charge in [0.15, 0.2) is 0 Å². The van der Waals surface area contributed by atoms with Crippen molar-refractivity contribution in [2.24, 2.45) is 11.8 Å². The average molecular weight is 229 g/mol. The number of methoxy groups -OCH3 is 2. The molecule has 4 heteroatoms. The quantitative estimate of drug-likeness (QED) is 0.663. The number of hydrogen-bond donors (Lipinski definition) is 0. The lowest BCUT2D eigenvalue weighted by Crippen LogP contribution is -2.33. The van der Waals surface area contributed by atoms with E-state index in [1.54, 1.807) is 7.11 Å². The van der Waals surface area contributed by atoms with Gasteiger partial charge in [0.1, 0.15) is 0 Å². The van der Waals surface area contributed by atoms with Gasteiger partial charge in [0.25, 0.3) is 0 Å². The molecule has 2 atom stereocenters. The van der Waals surface area contributed by atoms with Gasteiger partial charge in [0.2, 0.25) is 0 Å². The second kappa shape index (κ2) is 6.21. The fourth-order valence-corrected chi connectivity index (χ4v) is 2.34. The van der Waals surface area contributed by atoms with E-state index in [0.717, 1.165) is 19.5 Å². The van der Waals surface area contributed by atoms with Crippen LogP contribution in [0.1, 0.15) is 20.3 Å². The van der Waals surface area contributed by atoms with Gasteiger partial charge in [-0.2, -0.15) is 0 Å². The van der Waals surface area contributed by atoms with Crippen LogP contribution in [0.5, 0.6) is 0 Å². The summed E-state index contributed by atoms with van der Waals surface area (Å²) in [4.78, 5) is 14.0. The molecule has 0 spiro atoms. The van der Waals surface area contributed by atoms with Crippen molar-refractivity contribution >= 4 is 5.97 Å². The van der Waals surface area contributed by atoms with Gasteiger partial charge in [-0.05, 0) is 32.7 Å². The zero-order valence-corrected chi connectivity index (χ0v) is 10.7. The minimum atomic E-state index is -0.141. The largest absolute Gasteiger partial charge is 0.469 e. The Kier molecular flexibility index (Phi) is 5.22.